The highest BCUT2D eigenvalue weighted by molar-refractivity contribution is 7.99. The molecule has 5 heteroatoms. The van der Waals surface area contributed by atoms with Crippen molar-refractivity contribution in [3.8, 4) is 0 Å². The minimum atomic E-state index is 0.0704. The van der Waals surface area contributed by atoms with Crippen molar-refractivity contribution in [1.29, 1.82) is 0 Å². The molecule has 18 heavy (non-hydrogen) atoms. The first kappa shape index (κ1) is 12.8. The quantitative estimate of drug-likeness (QED) is 0.786. The van der Waals surface area contributed by atoms with Crippen molar-refractivity contribution in [3.63, 3.8) is 0 Å². The molecule has 0 bridgehead atoms. The first-order valence-electron chi connectivity index (χ1n) is 7.18. The third-order valence-corrected chi connectivity index (χ3v) is 5.41. The number of hydrogen-bond acceptors (Lipinski definition) is 4. The number of carbonyl (C=O) groups excluding carboxylic acids is 1. The van der Waals surface area contributed by atoms with Crippen LogP contribution in [0.5, 0.6) is 0 Å². The van der Waals surface area contributed by atoms with Crippen molar-refractivity contribution in [3.05, 3.63) is 0 Å². The Morgan fingerprint density at radius 2 is 2.06 bits per heavy atom. The Labute approximate surface area is 113 Å². The smallest absolute Gasteiger partial charge is 0.240 e. The van der Waals surface area contributed by atoms with Gasteiger partial charge < -0.3 is 10.2 Å². The van der Waals surface area contributed by atoms with Crippen LogP contribution in [0, 0.1) is 0 Å². The molecule has 0 saturated carbocycles. The fourth-order valence-electron chi connectivity index (χ4n) is 3.29. The molecule has 2 atom stereocenters. The van der Waals surface area contributed by atoms with Gasteiger partial charge >= 0.3 is 0 Å². The summed E-state index contributed by atoms with van der Waals surface area (Å²) in [7, 11) is 0. The van der Waals surface area contributed by atoms with Crippen LogP contribution < -0.4 is 5.32 Å². The number of rotatable bonds is 2. The molecule has 1 N–H and O–H groups in total. The third kappa shape index (κ3) is 2.68. The Hall–Kier alpha value is -0.260. The molecule has 0 radical (unpaired) electrons. The van der Waals surface area contributed by atoms with E-state index in [9.17, 15) is 4.79 Å². The first-order chi connectivity index (χ1) is 8.84. The number of amides is 1. The molecule has 3 rings (SSSR count). The fourth-order valence-corrected chi connectivity index (χ4v) is 4.22. The largest absolute Gasteiger partial charge is 0.340 e. The van der Waals surface area contributed by atoms with E-state index < -0.39 is 0 Å². The average Bonchev–Trinajstić information content (AvgIpc) is 3.09. The molecule has 3 saturated heterocycles. The van der Waals surface area contributed by atoms with Crippen molar-refractivity contribution in [2.24, 2.45) is 0 Å². The summed E-state index contributed by atoms with van der Waals surface area (Å²) in [6.07, 6.45) is 3.85. The topological polar surface area (TPSA) is 35.6 Å². The Balaban J connectivity index is 1.52. The molecule has 1 amide bonds. The normalized spacial score (nSPS) is 34.1. The fraction of sp³-hybridized carbons (Fsp3) is 0.923. The van der Waals surface area contributed by atoms with Crippen molar-refractivity contribution < 1.29 is 4.79 Å². The van der Waals surface area contributed by atoms with Crippen LogP contribution in [-0.2, 0) is 4.79 Å². The summed E-state index contributed by atoms with van der Waals surface area (Å²) in [6, 6.07) is 0.703. The SMILES string of the molecule is O=C(C1CSCCN1)N1CCC(N2CCCC2)C1. The second-order valence-electron chi connectivity index (χ2n) is 5.55. The highest BCUT2D eigenvalue weighted by Gasteiger charge is 2.34. The van der Waals surface area contributed by atoms with E-state index in [0.717, 1.165) is 31.1 Å². The second-order valence-corrected chi connectivity index (χ2v) is 6.70. The maximum atomic E-state index is 12.4. The Morgan fingerprint density at radius 3 is 2.78 bits per heavy atom. The maximum absolute atomic E-state index is 12.4. The minimum absolute atomic E-state index is 0.0704. The first-order valence-corrected chi connectivity index (χ1v) is 8.34. The average molecular weight is 269 g/mol. The Kier molecular flexibility index (Phi) is 4.11. The summed E-state index contributed by atoms with van der Waals surface area (Å²) in [5, 5.41) is 3.35. The number of thioether (sulfide) groups is 1. The van der Waals surface area contributed by atoms with Crippen molar-refractivity contribution in [2.75, 3.05) is 44.2 Å². The lowest BCUT2D eigenvalue weighted by Crippen LogP contribution is -2.50. The van der Waals surface area contributed by atoms with Gasteiger partial charge in [-0.3, -0.25) is 9.69 Å². The van der Waals surface area contributed by atoms with Gasteiger partial charge in [0.25, 0.3) is 0 Å². The third-order valence-electron chi connectivity index (χ3n) is 4.35. The van der Waals surface area contributed by atoms with E-state index in [1.807, 2.05) is 11.8 Å². The lowest BCUT2D eigenvalue weighted by Gasteiger charge is -2.28. The molecule has 2 unspecified atom stereocenters. The zero-order chi connectivity index (χ0) is 12.4. The molecule has 0 spiro atoms. The summed E-state index contributed by atoms with van der Waals surface area (Å²) < 4.78 is 0. The zero-order valence-corrected chi connectivity index (χ0v) is 11.8. The van der Waals surface area contributed by atoms with Crippen LogP contribution in [0.3, 0.4) is 0 Å². The van der Waals surface area contributed by atoms with Crippen LogP contribution in [0.25, 0.3) is 0 Å². The standard InChI is InChI=1S/C13H23N3OS/c17-13(12-10-18-8-4-14-12)16-7-3-11(9-16)15-5-1-2-6-15/h11-12,14H,1-10H2. The Bertz CT molecular complexity index is 301. The van der Waals surface area contributed by atoms with Crippen molar-refractivity contribution in [1.82, 2.24) is 15.1 Å². The van der Waals surface area contributed by atoms with Gasteiger partial charge in [-0.1, -0.05) is 0 Å². The molecule has 3 aliphatic rings. The Morgan fingerprint density at radius 1 is 1.22 bits per heavy atom. The summed E-state index contributed by atoms with van der Waals surface area (Å²) in [6.45, 7) is 5.38. The van der Waals surface area contributed by atoms with Gasteiger partial charge in [-0.25, -0.2) is 0 Å². The van der Waals surface area contributed by atoms with E-state index >= 15 is 0 Å². The predicted octanol–water partition coefficient (Wildman–Crippen LogP) is 0.388. The van der Waals surface area contributed by atoms with Gasteiger partial charge in [-0.15, -0.1) is 0 Å². The molecule has 3 heterocycles. The number of nitrogens with zero attached hydrogens (tertiary/aromatic N) is 2. The van der Waals surface area contributed by atoms with Crippen LogP contribution in [-0.4, -0.2) is 72.0 Å². The highest BCUT2D eigenvalue weighted by atomic mass is 32.2. The van der Waals surface area contributed by atoms with Gasteiger partial charge in [0.15, 0.2) is 0 Å². The molecule has 4 nitrogen and oxygen atoms in total. The number of carbonyl (C=O) groups is 1. The summed E-state index contributed by atoms with van der Waals surface area (Å²) in [5.41, 5.74) is 0. The lowest BCUT2D eigenvalue weighted by atomic mass is 10.2. The van der Waals surface area contributed by atoms with E-state index in [1.165, 1.54) is 32.4 Å². The van der Waals surface area contributed by atoms with Crippen molar-refractivity contribution >= 4 is 17.7 Å². The number of hydrogen-bond donors (Lipinski definition) is 1. The molecule has 3 aliphatic heterocycles. The van der Waals surface area contributed by atoms with Gasteiger partial charge in [0.1, 0.15) is 0 Å². The van der Waals surface area contributed by atoms with E-state index in [1.54, 1.807) is 0 Å². The van der Waals surface area contributed by atoms with E-state index in [2.05, 4.69) is 15.1 Å². The highest BCUT2D eigenvalue weighted by Crippen LogP contribution is 2.21. The number of nitrogens with one attached hydrogen (secondary N) is 1. The van der Waals surface area contributed by atoms with E-state index in [0.29, 0.717) is 11.9 Å². The van der Waals surface area contributed by atoms with Gasteiger partial charge in [0.05, 0.1) is 6.04 Å². The predicted molar refractivity (Wildman–Crippen MR) is 74.9 cm³/mol. The molecule has 0 aromatic heterocycles. The van der Waals surface area contributed by atoms with E-state index in [-0.39, 0.29) is 6.04 Å². The summed E-state index contributed by atoms with van der Waals surface area (Å²) in [5.74, 6) is 2.42. The van der Waals surface area contributed by atoms with Crippen LogP contribution in [0.15, 0.2) is 0 Å². The second kappa shape index (κ2) is 5.80. The lowest BCUT2D eigenvalue weighted by molar-refractivity contribution is -0.132. The molecule has 3 fully saturated rings. The number of likely N-dealkylation sites (tertiary alicyclic amines) is 2. The van der Waals surface area contributed by atoms with Crippen LogP contribution in [0.4, 0.5) is 0 Å². The monoisotopic (exact) mass is 269 g/mol. The molecular formula is C13H23N3OS. The van der Waals surface area contributed by atoms with Crippen molar-refractivity contribution in [2.45, 2.75) is 31.3 Å². The minimum Gasteiger partial charge on any atom is -0.340 e. The molecule has 0 aromatic rings. The molecule has 0 aromatic carbocycles. The van der Waals surface area contributed by atoms with Gasteiger partial charge in [0, 0.05) is 37.2 Å². The van der Waals surface area contributed by atoms with Gasteiger partial charge in [0.2, 0.25) is 5.91 Å². The van der Waals surface area contributed by atoms with Crippen LogP contribution >= 0.6 is 11.8 Å². The molecular weight excluding hydrogens is 246 g/mol. The van der Waals surface area contributed by atoms with Crippen LogP contribution in [0.2, 0.25) is 0 Å². The van der Waals surface area contributed by atoms with Gasteiger partial charge in [-0.2, -0.15) is 11.8 Å². The summed E-state index contributed by atoms with van der Waals surface area (Å²) in [4.78, 5) is 17.1. The molecule has 102 valence electrons. The zero-order valence-electron chi connectivity index (χ0n) is 10.9. The van der Waals surface area contributed by atoms with E-state index in [4.69, 9.17) is 0 Å². The van der Waals surface area contributed by atoms with Crippen LogP contribution in [0.1, 0.15) is 19.3 Å². The van der Waals surface area contributed by atoms with Gasteiger partial charge in [-0.05, 0) is 32.4 Å². The maximum Gasteiger partial charge on any atom is 0.240 e. The molecule has 0 aliphatic carbocycles. The summed E-state index contributed by atoms with van der Waals surface area (Å²) >= 11 is 1.90.